The van der Waals surface area contributed by atoms with Gasteiger partial charge in [-0.3, -0.25) is 10.1 Å². The summed E-state index contributed by atoms with van der Waals surface area (Å²) in [6.45, 7) is 0. The first-order valence-corrected chi connectivity index (χ1v) is 6.76. The standard InChI is InChI=1S/C15H13ClN2OS/c1-18(13-8-3-2-4-9-13)15(20)17-14(19)11-6-5-7-12(16)10-11/h2-10H,1H3,(H,17,19,20). The smallest absolute Gasteiger partial charge is 0.257 e. The molecule has 20 heavy (non-hydrogen) atoms. The molecule has 0 atom stereocenters. The second-order valence-electron chi connectivity index (χ2n) is 4.16. The molecule has 2 aromatic carbocycles. The summed E-state index contributed by atoms with van der Waals surface area (Å²) in [6, 6.07) is 16.3. The summed E-state index contributed by atoms with van der Waals surface area (Å²) in [5, 5.41) is 3.53. The van der Waals surface area contributed by atoms with Gasteiger partial charge in [0.2, 0.25) is 0 Å². The minimum Gasteiger partial charge on any atom is -0.322 e. The Kier molecular flexibility index (Phi) is 4.71. The van der Waals surface area contributed by atoms with E-state index in [-0.39, 0.29) is 5.91 Å². The second-order valence-corrected chi connectivity index (χ2v) is 4.99. The van der Waals surface area contributed by atoms with E-state index in [4.69, 9.17) is 23.8 Å². The Morgan fingerprint density at radius 2 is 1.85 bits per heavy atom. The van der Waals surface area contributed by atoms with Gasteiger partial charge in [-0.25, -0.2) is 0 Å². The van der Waals surface area contributed by atoms with Crippen molar-refractivity contribution in [3.8, 4) is 0 Å². The van der Waals surface area contributed by atoms with Gasteiger partial charge >= 0.3 is 0 Å². The predicted octanol–water partition coefficient (Wildman–Crippen LogP) is 3.49. The van der Waals surface area contributed by atoms with Crippen LogP contribution in [0.5, 0.6) is 0 Å². The van der Waals surface area contributed by atoms with E-state index >= 15 is 0 Å². The highest BCUT2D eigenvalue weighted by atomic mass is 35.5. The van der Waals surface area contributed by atoms with E-state index < -0.39 is 0 Å². The zero-order valence-corrected chi connectivity index (χ0v) is 12.4. The maximum absolute atomic E-state index is 12.1. The largest absolute Gasteiger partial charge is 0.322 e. The van der Waals surface area contributed by atoms with Gasteiger partial charge in [0, 0.05) is 23.3 Å². The van der Waals surface area contributed by atoms with Gasteiger partial charge in [0.1, 0.15) is 0 Å². The molecule has 0 heterocycles. The van der Waals surface area contributed by atoms with Crippen LogP contribution in [0.4, 0.5) is 5.69 Å². The molecule has 0 fully saturated rings. The van der Waals surface area contributed by atoms with Crippen molar-refractivity contribution >= 4 is 40.5 Å². The molecule has 0 spiro atoms. The van der Waals surface area contributed by atoms with Crippen molar-refractivity contribution in [1.29, 1.82) is 0 Å². The number of carbonyl (C=O) groups excluding carboxylic acids is 1. The fourth-order valence-electron chi connectivity index (χ4n) is 1.65. The van der Waals surface area contributed by atoms with Gasteiger partial charge in [0.25, 0.3) is 5.91 Å². The van der Waals surface area contributed by atoms with Crippen LogP contribution >= 0.6 is 23.8 Å². The van der Waals surface area contributed by atoms with Gasteiger partial charge < -0.3 is 4.90 Å². The molecule has 5 heteroatoms. The molecule has 1 N–H and O–H groups in total. The summed E-state index contributed by atoms with van der Waals surface area (Å²) >= 11 is 11.1. The van der Waals surface area contributed by atoms with E-state index in [1.54, 1.807) is 36.2 Å². The maximum Gasteiger partial charge on any atom is 0.257 e. The zero-order chi connectivity index (χ0) is 14.5. The first-order chi connectivity index (χ1) is 9.58. The van der Waals surface area contributed by atoms with Crippen LogP contribution in [0.15, 0.2) is 54.6 Å². The number of hydrogen-bond donors (Lipinski definition) is 1. The number of benzene rings is 2. The monoisotopic (exact) mass is 304 g/mol. The minimum absolute atomic E-state index is 0.278. The van der Waals surface area contributed by atoms with Gasteiger partial charge in [0.05, 0.1) is 0 Å². The van der Waals surface area contributed by atoms with Gasteiger partial charge in [-0.2, -0.15) is 0 Å². The van der Waals surface area contributed by atoms with Crippen LogP contribution in [-0.4, -0.2) is 18.1 Å². The van der Waals surface area contributed by atoms with Crippen LogP contribution in [0.1, 0.15) is 10.4 Å². The highest BCUT2D eigenvalue weighted by molar-refractivity contribution is 7.80. The van der Waals surface area contributed by atoms with Crippen LogP contribution in [0, 0.1) is 0 Å². The van der Waals surface area contributed by atoms with Gasteiger partial charge in [0.15, 0.2) is 5.11 Å². The molecule has 2 aromatic rings. The molecule has 0 aliphatic carbocycles. The molecule has 102 valence electrons. The van der Waals surface area contributed by atoms with E-state index in [1.807, 2.05) is 30.3 Å². The molecule has 0 saturated carbocycles. The summed E-state index contributed by atoms with van der Waals surface area (Å²) in [6.07, 6.45) is 0. The molecule has 0 radical (unpaired) electrons. The Hall–Kier alpha value is -1.91. The third kappa shape index (κ3) is 3.56. The third-order valence-corrected chi connectivity index (χ3v) is 3.37. The van der Waals surface area contributed by atoms with Crippen molar-refractivity contribution < 1.29 is 4.79 Å². The molecular formula is C15H13ClN2OS. The molecule has 2 rings (SSSR count). The van der Waals surface area contributed by atoms with E-state index in [1.165, 1.54) is 0 Å². The molecule has 0 aromatic heterocycles. The Morgan fingerprint density at radius 3 is 2.50 bits per heavy atom. The quantitative estimate of drug-likeness (QED) is 0.862. The fraction of sp³-hybridized carbons (Fsp3) is 0.0667. The zero-order valence-electron chi connectivity index (χ0n) is 10.8. The van der Waals surface area contributed by atoms with Crippen LogP contribution < -0.4 is 10.2 Å². The van der Waals surface area contributed by atoms with Crippen molar-refractivity contribution in [3.63, 3.8) is 0 Å². The number of hydrogen-bond acceptors (Lipinski definition) is 2. The van der Waals surface area contributed by atoms with Gasteiger partial charge in [-0.1, -0.05) is 35.9 Å². The first kappa shape index (κ1) is 14.5. The molecule has 0 bridgehead atoms. The lowest BCUT2D eigenvalue weighted by atomic mass is 10.2. The van der Waals surface area contributed by atoms with Crippen molar-refractivity contribution in [2.45, 2.75) is 0 Å². The Bertz CT molecular complexity index is 631. The lowest BCUT2D eigenvalue weighted by Gasteiger charge is -2.20. The number of rotatable bonds is 2. The number of nitrogens with zero attached hydrogens (tertiary/aromatic N) is 1. The number of carbonyl (C=O) groups is 1. The molecular weight excluding hydrogens is 292 g/mol. The highest BCUT2D eigenvalue weighted by Crippen LogP contribution is 2.13. The second kappa shape index (κ2) is 6.50. The van der Waals surface area contributed by atoms with Gasteiger partial charge in [-0.05, 0) is 42.5 Å². The van der Waals surface area contributed by atoms with E-state index in [0.717, 1.165) is 5.69 Å². The number of nitrogens with one attached hydrogen (secondary N) is 1. The van der Waals surface area contributed by atoms with E-state index in [9.17, 15) is 4.79 Å². The average molecular weight is 305 g/mol. The Labute approximate surface area is 128 Å². The van der Waals surface area contributed by atoms with Gasteiger partial charge in [-0.15, -0.1) is 0 Å². The lowest BCUT2D eigenvalue weighted by Crippen LogP contribution is -2.40. The van der Waals surface area contributed by atoms with Crippen LogP contribution in [0.3, 0.4) is 0 Å². The van der Waals surface area contributed by atoms with Crippen molar-refractivity contribution in [3.05, 3.63) is 65.2 Å². The van der Waals surface area contributed by atoms with Crippen LogP contribution in [0.25, 0.3) is 0 Å². The number of amides is 1. The summed E-state index contributed by atoms with van der Waals surface area (Å²) < 4.78 is 0. The van der Waals surface area contributed by atoms with E-state index in [2.05, 4.69) is 5.32 Å². The summed E-state index contributed by atoms with van der Waals surface area (Å²) in [5.74, 6) is -0.278. The van der Waals surface area contributed by atoms with E-state index in [0.29, 0.717) is 15.7 Å². The normalized spacial score (nSPS) is 9.90. The van der Waals surface area contributed by atoms with Crippen molar-refractivity contribution in [2.24, 2.45) is 0 Å². The fourth-order valence-corrected chi connectivity index (χ4v) is 2.04. The molecule has 1 amide bonds. The Balaban J connectivity index is 2.06. The molecule has 3 nitrogen and oxygen atoms in total. The SMILES string of the molecule is CN(C(=S)NC(=O)c1cccc(Cl)c1)c1ccccc1. The number of para-hydroxylation sites is 1. The minimum atomic E-state index is -0.278. The highest BCUT2D eigenvalue weighted by Gasteiger charge is 2.12. The average Bonchev–Trinajstić information content (AvgIpc) is 2.47. The van der Waals surface area contributed by atoms with Crippen LogP contribution in [-0.2, 0) is 0 Å². The molecule has 0 unspecified atom stereocenters. The lowest BCUT2D eigenvalue weighted by molar-refractivity contribution is 0.0977. The molecule has 0 aliphatic rings. The topological polar surface area (TPSA) is 32.3 Å². The third-order valence-electron chi connectivity index (χ3n) is 2.76. The van der Waals surface area contributed by atoms with Crippen molar-refractivity contribution in [2.75, 3.05) is 11.9 Å². The summed E-state index contributed by atoms with van der Waals surface area (Å²) in [4.78, 5) is 13.8. The number of thiocarbonyl (C=S) groups is 1. The summed E-state index contributed by atoms with van der Waals surface area (Å²) in [5.41, 5.74) is 1.38. The predicted molar refractivity (Wildman–Crippen MR) is 86.4 cm³/mol. The van der Waals surface area contributed by atoms with Crippen molar-refractivity contribution in [1.82, 2.24) is 5.32 Å². The molecule has 0 aliphatic heterocycles. The van der Waals surface area contributed by atoms with Crippen LogP contribution in [0.2, 0.25) is 5.02 Å². The summed E-state index contributed by atoms with van der Waals surface area (Å²) in [7, 11) is 1.80. The first-order valence-electron chi connectivity index (χ1n) is 5.97. The molecule has 0 saturated heterocycles. The number of anilines is 1. The Morgan fingerprint density at radius 1 is 1.15 bits per heavy atom. The number of halogens is 1. The maximum atomic E-state index is 12.1.